The zero-order valence-corrected chi connectivity index (χ0v) is 18.4. The number of nitrogens with two attached hydrogens (primary N) is 1. The molecule has 0 spiro atoms. The second-order valence-electron chi connectivity index (χ2n) is 7.57. The number of Topliss-reactive ketones (excluding diaryl/α,β-unsaturated/α-hetero) is 1. The van der Waals surface area contributed by atoms with E-state index >= 15 is 0 Å². The van der Waals surface area contributed by atoms with E-state index in [2.05, 4.69) is 17.4 Å². The van der Waals surface area contributed by atoms with E-state index in [0.717, 1.165) is 23.3 Å². The molecule has 0 aliphatic carbocycles. The molecule has 0 atom stereocenters. The number of hydrogen-bond donors (Lipinski definition) is 2. The molecule has 160 valence electrons. The number of carbonyl (C=O) groups is 2. The lowest BCUT2D eigenvalue weighted by Crippen LogP contribution is -2.13. The van der Waals surface area contributed by atoms with Crippen molar-refractivity contribution >= 4 is 34.4 Å². The maximum Gasteiger partial charge on any atom is 0.255 e. The van der Waals surface area contributed by atoms with Crippen LogP contribution in [0.4, 0.5) is 11.4 Å². The monoisotopic (exact) mass is 440 g/mol. The van der Waals surface area contributed by atoms with Crippen molar-refractivity contribution in [3.05, 3.63) is 107 Å². The average Bonchev–Trinajstić information content (AvgIpc) is 3.36. The van der Waals surface area contributed by atoms with E-state index in [1.165, 1.54) is 5.56 Å². The fourth-order valence-electron chi connectivity index (χ4n) is 3.50. The number of ketones is 1. The number of hydrogen-bond acceptors (Lipinski definition) is 4. The van der Waals surface area contributed by atoms with Crippen LogP contribution in [0.15, 0.2) is 90.3 Å². The van der Waals surface area contributed by atoms with Gasteiger partial charge in [-0.3, -0.25) is 9.59 Å². The van der Waals surface area contributed by atoms with Gasteiger partial charge < -0.3 is 11.1 Å². The Labute approximate surface area is 191 Å². The van der Waals surface area contributed by atoms with Gasteiger partial charge in [0.15, 0.2) is 5.78 Å². The van der Waals surface area contributed by atoms with Crippen LogP contribution in [0.5, 0.6) is 0 Å². The molecule has 0 fully saturated rings. The van der Waals surface area contributed by atoms with Gasteiger partial charge in [0, 0.05) is 22.4 Å². The Kier molecular flexibility index (Phi) is 6.78. The normalized spacial score (nSPS) is 10.6. The second-order valence-corrected chi connectivity index (χ2v) is 8.52. The summed E-state index contributed by atoms with van der Waals surface area (Å²) in [6, 6.07) is 26.5. The van der Waals surface area contributed by atoms with Crippen LogP contribution in [-0.2, 0) is 6.42 Å². The summed E-state index contributed by atoms with van der Waals surface area (Å²) in [5.74, 6) is -0.177. The molecule has 0 radical (unpaired) electrons. The molecular weight excluding hydrogens is 416 g/mol. The Bertz CT molecular complexity index is 1200. The maximum absolute atomic E-state index is 12.7. The molecule has 0 saturated carbocycles. The van der Waals surface area contributed by atoms with Gasteiger partial charge in [-0.2, -0.15) is 0 Å². The molecule has 1 amide bonds. The van der Waals surface area contributed by atoms with Crippen molar-refractivity contribution in [3.8, 4) is 10.4 Å². The zero-order valence-electron chi connectivity index (χ0n) is 17.6. The molecule has 3 aromatic carbocycles. The van der Waals surface area contributed by atoms with Crippen LogP contribution in [0.25, 0.3) is 10.4 Å². The molecule has 32 heavy (non-hydrogen) atoms. The average molecular weight is 441 g/mol. The third-order valence-corrected chi connectivity index (χ3v) is 6.21. The summed E-state index contributed by atoms with van der Waals surface area (Å²) < 4.78 is 0. The molecule has 0 bridgehead atoms. The Hall–Kier alpha value is -3.70. The number of rotatable bonds is 8. The van der Waals surface area contributed by atoms with Gasteiger partial charge in [-0.25, -0.2) is 0 Å². The molecule has 4 rings (SSSR count). The van der Waals surface area contributed by atoms with Crippen molar-refractivity contribution in [2.24, 2.45) is 0 Å². The highest BCUT2D eigenvalue weighted by Crippen LogP contribution is 2.30. The summed E-state index contributed by atoms with van der Waals surface area (Å²) in [5.41, 5.74) is 10.5. The van der Waals surface area contributed by atoms with Crippen LogP contribution in [0.2, 0.25) is 0 Å². The maximum atomic E-state index is 12.7. The Morgan fingerprint density at radius 3 is 2.31 bits per heavy atom. The first-order valence-corrected chi connectivity index (χ1v) is 11.4. The molecular formula is C27H24N2O2S. The number of nitrogen functional groups attached to an aromatic ring is 1. The van der Waals surface area contributed by atoms with Crippen molar-refractivity contribution in [3.63, 3.8) is 0 Å². The molecule has 3 N–H and O–H groups in total. The van der Waals surface area contributed by atoms with Crippen molar-refractivity contribution in [2.75, 3.05) is 11.1 Å². The summed E-state index contributed by atoms with van der Waals surface area (Å²) in [5, 5.41) is 4.89. The summed E-state index contributed by atoms with van der Waals surface area (Å²) >= 11 is 1.63. The first-order valence-electron chi connectivity index (χ1n) is 10.5. The predicted octanol–water partition coefficient (Wildman–Crippen LogP) is 6.46. The Morgan fingerprint density at radius 1 is 0.844 bits per heavy atom. The smallest absolute Gasteiger partial charge is 0.255 e. The van der Waals surface area contributed by atoms with Gasteiger partial charge in [0.1, 0.15) is 0 Å². The molecule has 5 heteroatoms. The van der Waals surface area contributed by atoms with Crippen LogP contribution >= 0.6 is 11.3 Å². The summed E-state index contributed by atoms with van der Waals surface area (Å²) in [4.78, 5) is 26.3. The fourth-order valence-corrected chi connectivity index (χ4v) is 4.23. The highest BCUT2D eigenvalue weighted by Gasteiger charge is 2.12. The number of benzene rings is 3. The minimum Gasteiger partial charge on any atom is -0.397 e. The molecule has 0 aliphatic heterocycles. The Balaban J connectivity index is 1.37. The minimum atomic E-state index is -0.261. The molecule has 1 heterocycles. The lowest BCUT2D eigenvalue weighted by atomic mass is 10.0. The van der Waals surface area contributed by atoms with Gasteiger partial charge in [0.25, 0.3) is 5.91 Å². The number of carbonyl (C=O) groups excluding carboxylic acids is 2. The lowest BCUT2D eigenvalue weighted by molar-refractivity contribution is 0.0977. The van der Waals surface area contributed by atoms with Gasteiger partial charge in [-0.05, 0) is 59.7 Å². The number of amides is 1. The third kappa shape index (κ3) is 5.31. The van der Waals surface area contributed by atoms with Crippen molar-refractivity contribution < 1.29 is 9.59 Å². The summed E-state index contributed by atoms with van der Waals surface area (Å²) in [6.45, 7) is 0. The number of anilines is 2. The Morgan fingerprint density at radius 2 is 1.59 bits per heavy atom. The highest BCUT2D eigenvalue weighted by atomic mass is 32.1. The summed E-state index contributed by atoms with van der Waals surface area (Å²) in [6.07, 6.45) is 2.15. The van der Waals surface area contributed by atoms with Gasteiger partial charge >= 0.3 is 0 Å². The fraction of sp³-hybridized carbons (Fsp3) is 0.111. The van der Waals surface area contributed by atoms with Crippen LogP contribution in [0, 0.1) is 0 Å². The van der Waals surface area contributed by atoms with E-state index in [0.29, 0.717) is 28.9 Å². The first-order chi connectivity index (χ1) is 15.6. The predicted molar refractivity (Wildman–Crippen MR) is 132 cm³/mol. The first kappa shape index (κ1) is 21.5. The van der Waals surface area contributed by atoms with Gasteiger partial charge in [0.05, 0.1) is 11.4 Å². The molecule has 4 nitrogen and oxygen atoms in total. The quantitative estimate of drug-likeness (QED) is 0.244. The van der Waals surface area contributed by atoms with Crippen molar-refractivity contribution in [2.45, 2.75) is 19.3 Å². The van der Waals surface area contributed by atoms with E-state index in [-0.39, 0.29) is 11.7 Å². The molecule has 0 unspecified atom stereocenters. The zero-order chi connectivity index (χ0) is 22.3. The van der Waals surface area contributed by atoms with E-state index in [4.69, 9.17) is 5.73 Å². The van der Waals surface area contributed by atoms with E-state index in [1.807, 2.05) is 47.8 Å². The molecule has 4 aromatic rings. The van der Waals surface area contributed by atoms with E-state index in [9.17, 15) is 9.59 Å². The van der Waals surface area contributed by atoms with Gasteiger partial charge in [0.2, 0.25) is 0 Å². The van der Waals surface area contributed by atoms with Crippen LogP contribution in [0.1, 0.15) is 39.1 Å². The summed E-state index contributed by atoms with van der Waals surface area (Å²) in [7, 11) is 0. The second kappa shape index (κ2) is 10.1. The third-order valence-electron chi connectivity index (χ3n) is 5.29. The molecule has 0 saturated heterocycles. The minimum absolute atomic E-state index is 0.0841. The topological polar surface area (TPSA) is 72.2 Å². The largest absolute Gasteiger partial charge is 0.397 e. The van der Waals surface area contributed by atoms with Gasteiger partial charge in [-0.15, -0.1) is 11.3 Å². The molecule has 0 aliphatic rings. The van der Waals surface area contributed by atoms with Crippen molar-refractivity contribution in [1.82, 2.24) is 0 Å². The number of aryl methyl sites for hydroxylation is 1. The van der Waals surface area contributed by atoms with Crippen LogP contribution in [0.3, 0.4) is 0 Å². The van der Waals surface area contributed by atoms with Crippen LogP contribution in [-0.4, -0.2) is 11.7 Å². The van der Waals surface area contributed by atoms with Gasteiger partial charge in [-0.1, -0.05) is 54.6 Å². The number of nitrogens with one attached hydrogen (secondary N) is 1. The lowest BCUT2D eigenvalue weighted by Gasteiger charge is -2.10. The van der Waals surface area contributed by atoms with E-state index < -0.39 is 0 Å². The highest BCUT2D eigenvalue weighted by molar-refractivity contribution is 7.13. The molecule has 1 aromatic heterocycles. The van der Waals surface area contributed by atoms with Crippen LogP contribution < -0.4 is 11.1 Å². The van der Waals surface area contributed by atoms with Crippen molar-refractivity contribution in [1.29, 1.82) is 0 Å². The standard InChI is InChI=1S/C27H24N2O2S/c28-23-16-15-22(26-10-5-17-32-26)18-24(23)29-27(31)21-13-11-20(12-14-21)25(30)9-4-8-19-6-2-1-3-7-19/h1-3,5-7,10-18H,4,8-9,28H2,(H,29,31). The van der Waals surface area contributed by atoms with E-state index in [1.54, 1.807) is 41.7 Å². The number of thiophene rings is 1. The SMILES string of the molecule is Nc1ccc(-c2cccs2)cc1NC(=O)c1ccc(C(=O)CCCc2ccccc2)cc1.